The molecule has 4 nitrogen and oxygen atoms in total. The smallest absolute Gasteiger partial charge is 0.248 e. The van der Waals surface area contributed by atoms with Crippen molar-refractivity contribution in [3.05, 3.63) is 64.1 Å². The number of carbonyl (C=O) groups excluding carboxylic acids is 1. The van der Waals surface area contributed by atoms with Crippen LogP contribution in [-0.2, 0) is 4.79 Å². The average molecular weight is 391 g/mol. The topological polar surface area (TPSA) is 36.8 Å². The summed E-state index contributed by atoms with van der Waals surface area (Å²) >= 11 is 12.0. The van der Waals surface area contributed by atoms with E-state index < -0.39 is 0 Å². The zero-order chi connectivity index (χ0) is 18.5. The number of nitrogens with zero attached hydrogens (tertiary/aromatic N) is 1. The van der Waals surface area contributed by atoms with Crippen molar-refractivity contribution in [1.29, 1.82) is 0 Å². The summed E-state index contributed by atoms with van der Waals surface area (Å²) in [5, 5.41) is 3.94. The second kappa shape index (κ2) is 8.58. The highest BCUT2D eigenvalue weighted by Crippen LogP contribution is 2.22. The molecule has 2 N–H and O–H groups in total. The molecule has 0 unspecified atom stereocenters. The van der Waals surface area contributed by atoms with Crippen molar-refractivity contribution in [2.45, 2.75) is 0 Å². The Hall–Kier alpha value is -2.01. The van der Waals surface area contributed by atoms with Crippen LogP contribution in [0.15, 0.2) is 48.5 Å². The summed E-state index contributed by atoms with van der Waals surface area (Å²) < 4.78 is 0. The van der Waals surface area contributed by atoms with Gasteiger partial charge >= 0.3 is 0 Å². The Kier molecular flexibility index (Phi) is 6.20. The molecule has 2 aromatic rings. The second-order valence-electron chi connectivity index (χ2n) is 6.48. The SMILES string of the molecule is C[NH+]1CCN(c2ccc(NC(=O)/C=C/c3ccc(Cl)cc3Cl)cc2)CC1. The summed E-state index contributed by atoms with van der Waals surface area (Å²) in [7, 11) is 2.22. The van der Waals surface area contributed by atoms with Gasteiger partial charge in [-0.3, -0.25) is 4.79 Å². The van der Waals surface area contributed by atoms with E-state index >= 15 is 0 Å². The van der Waals surface area contributed by atoms with Gasteiger partial charge in [-0.25, -0.2) is 0 Å². The number of halogens is 2. The van der Waals surface area contributed by atoms with Crippen LogP contribution < -0.4 is 15.1 Å². The first-order chi connectivity index (χ1) is 12.5. The molecule has 1 saturated heterocycles. The lowest BCUT2D eigenvalue weighted by atomic mass is 10.2. The van der Waals surface area contributed by atoms with Crippen LogP contribution in [0, 0.1) is 0 Å². The normalized spacial score (nSPS) is 15.4. The number of amides is 1. The van der Waals surface area contributed by atoms with E-state index in [2.05, 4.69) is 29.4 Å². The molecule has 26 heavy (non-hydrogen) atoms. The maximum absolute atomic E-state index is 12.1. The molecule has 1 aliphatic rings. The van der Waals surface area contributed by atoms with E-state index in [-0.39, 0.29) is 5.91 Å². The summed E-state index contributed by atoms with van der Waals surface area (Å²) in [6.45, 7) is 4.41. The minimum atomic E-state index is -0.202. The van der Waals surface area contributed by atoms with Gasteiger partial charge in [0.05, 0.1) is 33.2 Å². The van der Waals surface area contributed by atoms with Crippen LogP contribution in [0.5, 0.6) is 0 Å². The highest BCUT2D eigenvalue weighted by Gasteiger charge is 2.16. The quantitative estimate of drug-likeness (QED) is 0.787. The number of hydrogen-bond donors (Lipinski definition) is 2. The fourth-order valence-electron chi connectivity index (χ4n) is 2.89. The van der Waals surface area contributed by atoms with Crippen molar-refractivity contribution in [3.63, 3.8) is 0 Å². The van der Waals surface area contributed by atoms with Crippen molar-refractivity contribution in [1.82, 2.24) is 0 Å². The number of benzene rings is 2. The second-order valence-corrected chi connectivity index (χ2v) is 7.32. The van der Waals surface area contributed by atoms with E-state index in [0.29, 0.717) is 10.0 Å². The zero-order valence-electron chi connectivity index (χ0n) is 14.6. The molecular formula is C20H22Cl2N3O+. The van der Waals surface area contributed by atoms with Crippen LogP contribution in [0.4, 0.5) is 11.4 Å². The Morgan fingerprint density at radius 3 is 2.46 bits per heavy atom. The molecule has 6 heteroatoms. The lowest BCUT2D eigenvalue weighted by molar-refractivity contribution is -0.880. The highest BCUT2D eigenvalue weighted by atomic mass is 35.5. The van der Waals surface area contributed by atoms with E-state index in [4.69, 9.17) is 23.2 Å². The van der Waals surface area contributed by atoms with Crippen LogP contribution in [0.25, 0.3) is 6.08 Å². The van der Waals surface area contributed by atoms with Gasteiger partial charge in [0, 0.05) is 27.5 Å². The molecule has 1 amide bonds. The summed E-state index contributed by atoms with van der Waals surface area (Å²) in [5.41, 5.74) is 2.71. The highest BCUT2D eigenvalue weighted by molar-refractivity contribution is 6.35. The number of carbonyl (C=O) groups is 1. The third kappa shape index (κ3) is 5.01. The summed E-state index contributed by atoms with van der Waals surface area (Å²) in [6.07, 6.45) is 3.14. The molecular weight excluding hydrogens is 369 g/mol. The van der Waals surface area contributed by atoms with Crippen molar-refractivity contribution < 1.29 is 9.69 Å². The minimum absolute atomic E-state index is 0.202. The van der Waals surface area contributed by atoms with Crippen molar-refractivity contribution in [2.24, 2.45) is 0 Å². The number of rotatable bonds is 4. The summed E-state index contributed by atoms with van der Waals surface area (Å²) in [6, 6.07) is 13.1. The molecule has 0 aromatic heterocycles. The number of nitrogens with one attached hydrogen (secondary N) is 2. The van der Waals surface area contributed by atoms with Crippen molar-refractivity contribution in [2.75, 3.05) is 43.4 Å². The van der Waals surface area contributed by atoms with E-state index in [9.17, 15) is 4.79 Å². The van der Waals surface area contributed by atoms with Crippen LogP contribution in [0.1, 0.15) is 5.56 Å². The molecule has 2 aromatic carbocycles. The number of hydrogen-bond acceptors (Lipinski definition) is 2. The maximum atomic E-state index is 12.1. The molecule has 0 aliphatic carbocycles. The van der Waals surface area contributed by atoms with Gasteiger partial charge in [-0.2, -0.15) is 0 Å². The van der Waals surface area contributed by atoms with E-state index in [0.717, 1.165) is 37.4 Å². The number of likely N-dealkylation sites (N-methyl/N-ethyl adjacent to an activating group) is 1. The molecule has 0 bridgehead atoms. The number of piperazine rings is 1. The standard InChI is InChI=1S/C20H21Cl2N3O/c1-24-10-12-25(13-11-24)18-7-5-17(6-8-18)23-20(26)9-3-15-2-4-16(21)14-19(15)22/h2-9,14H,10-13H2,1H3,(H,23,26)/p+1/b9-3+. The molecule has 0 spiro atoms. The van der Waals surface area contributed by atoms with Crippen LogP contribution in [0.3, 0.4) is 0 Å². The molecule has 1 heterocycles. The van der Waals surface area contributed by atoms with Gasteiger partial charge in [0.2, 0.25) is 5.91 Å². The van der Waals surface area contributed by atoms with Gasteiger partial charge < -0.3 is 15.1 Å². The predicted molar refractivity (Wildman–Crippen MR) is 109 cm³/mol. The molecule has 0 radical (unpaired) electrons. The molecule has 1 fully saturated rings. The minimum Gasteiger partial charge on any atom is -0.360 e. The fourth-order valence-corrected chi connectivity index (χ4v) is 3.36. The Morgan fingerprint density at radius 2 is 1.81 bits per heavy atom. The Morgan fingerprint density at radius 1 is 1.12 bits per heavy atom. The molecule has 3 rings (SSSR count). The van der Waals surface area contributed by atoms with E-state index in [1.54, 1.807) is 29.2 Å². The largest absolute Gasteiger partial charge is 0.360 e. The predicted octanol–water partition coefficient (Wildman–Crippen LogP) is 2.98. The molecule has 1 aliphatic heterocycles. The first-order valence-electron chi connectivity index (χ1n) is 8.62. The van der Waals surface area contributed by atoms with Crippen LogP contribution in [0.2, 0.25) is 10.0 Å². The zero-order valence-corrected chi connectivity index (χ0v) is 16.1. The van der Waals surface area contributed by atoms with Crippen LogP contribution >= 0.6 is 23.2 Å². The first-order valence-corrected chi connectivity index (χ1v) is 9.37. The van der Waals surface area contributed by atoms with Gasteiger partial charge in [0.25, 0.3) is 0 Å². The van der Waals surface area contributed by atoms with E-state index in [1.807, 2.05) is 12.1 Å². The van der Waals surface area contributed by atoms with Gasteiger partial charge in [0.15, 0.2) is 0 Å². The number of anilines is 2. The Bertz CT molecular complexity index is 797. The summed E-state index contributed by atoms with van der Waals surface area (Å²) in [5.74, 6) is -0.202. The van der Waals surface area contributed by atoms with Gasteiger partial charge in [-0.1, -0.05) is 29.3 Å². The lowest BCUT2D eigenvalue weighted by Crippen LogP contribution is -3.12. The van der Waals surface area contributed by atoms with Gasteiger partial charge in [0.1, 0.15) is 0 Å². The first kappa shape index (κ1) is 18.8. The lowest BCUT2D eigenvalue weighted by Gasteiger charge is -2.31. The summed E-state index contributed by atoms with van der Waals surface area (Å²) in [4.78, 5) is 16.0. The average Bonchev–Trinajstić information content (AvgIpc) is 2.62. The Labute approximate surface area is 164 Å². The van der Waals surface area contributed by atoms with Crippen molar-refractivity contribution in [3.8, 4) is 0 Å². The van der Waals surface area contributed by atoms with Gasteiger partial charge in [-0.05, 0) is 48.0 Å². The molecule has 0 atom stereocenters. The molecule has 0 saturated carbocycles. The monoisotopic (exact) mass is 390 g/mol. The van der Waals surface area contributed by atoms with E-state index in [1.165, 1.54) is 11.8 Å². The Balaban J connectivity index is 1.58. The fraction of sp³-hybridized carbons (Fsp3) is 0.250. The number of quaternary nitrogens is 1. The van der Waals surface area contributed by atoms with Gasteiger partial charge in [-0.15, -0.1) is 0 Å². The van der Waals surface area contributed by atoms with Crippen molar-refractivity contribution >= 4 is 46.6 Å². The van der Waals surface area contributed by atoms with Crippen LogP contribution in [-0.4, -0.2) is 39.1 Å². The third-order valence-corrected chi connectivity index (χ3v) is 5.06. The maximum Gasteiger partial charge on any atom is 0.248 e. The third-order valence-electron chi connectivity index (χ3n) is 4.49. The molecule has 136 valence electrons.